The molecule has 0 N–H and O–H groups in total. The van der Waals surface area contributed by atoms with E-state index in [-0.39, 0.29) is 11.6 Å². The molecule has 0 fully saturated rings. The van der Waals surface area contributed by atoms with Crippen LogP contribution in [0.15, 0.2) is 30.3 Å². The SMILES string of the molecule is COc1cc2c(cc1OC)C(=O)[C@]1(Cc3cc(Cl)ccc3C1=O)C2. The van der Waals surface area contributed by atoms with Crippen molar-refractivity contribution in [2.24, 2.45) is 5.41 Å². The predicted octanol–water partition coefficient (Wildman–Crippen LogP) is 3.52. The van der Waals surface area contributed by atoms with Gasteiger partial charge in [0.25, 0.3) is 0 Å². The van der Waals surface area contributed by atoms with Gasteiger partial charge in [0.15, 0.2) is 23.1 Å². The van der Waals surface area contributed by atoms with Crippen LogP contribution in [0.1, 0.15) is 31.8 Å². The molecule has 2 aliphatic carbocycles. The fourth-order valence-corrected chi connectivity index (χ4v) is 4.06. The maximum atomic E-state index is 13.1. The average molecular weight is 343 g/mol. The number of ketones is 2. The molecule has 2 aromatic rings. The number of methoxy groups -OCH3 is 2. The second-order valence-corrected chi connectivity index (χ2v) is 6.70. The van der Waals surface area contributed by atoms with Crippen LogP contribution in [0.25, 0.3) is 0 Å². The van der Waals surface area contributed by atoms with Crippen LogP contribution in [-0.4, -0.2) is 25.8 Å². The smallest absolute Gasteiger partial charge is 0.177 e. The Bertz CT molecular complexity index is 902. The fraction of sp³-hybridized carbons (Fsp3) is 0.263. The third-order valence-electron chi connectivity index (χ3n) is 5.02. The molecule has 0 saturated carbocycles. The largest absolute Gasteiger partial charge is 0.493 e. The van der Waals surface area contributed by atoms with Crippen LogP contribution < -0.4 is 9.47 Å². The summed E-state index contributed by atoms with van der Waals surface area (Å²) in [7, 11) is 3.08. The molecular formula is C19H15ClO4. The Kier molecular flexibility index (Phi) is 3.22. The van der Waals surface area contributed by atoms with Gasteiger partial charge in [-0.1, -0.05) is 11.6 Å². The Hall–Kier alpha value is -2.33. The molecule has 1 atom stereocenters. The number of fused-ring (bicyclic) bond motifs is 2. The number of halogens is 1. The molecule has 4 nitrogen and oxygen atoms in total. The summed E-state index contributed by atoms with van der Waals surface area (Å²) >= 11 is 6.04. The van der Waals surface area contributed by atoms with Crippen LogP contribution in [0, 0.1) is 5.41 Å². The lowest BCUT2D eigenvalue weighted by Crippen LogP contribution is -2.34. The number of carbonyl (C=O) groups is 2. The van der Waals surface area contributed by atoms with E-state index in [2.05, 4.69) is 0 Å². The van der Waals surface area contributed by atoms with E-state index in [4.69, 9.17) is 21.1 Å². The molecule has 0 radical (unpaired) electrons. The molecule has 1 spiro atoms. The molecule has 5 heteroatoms. The third kappa shape index (κ3) is 1.86. The van der Waals surface area contributed by atoms with E-state index in [1.807, 2.05) is 0 Å². The summed E-state index contributed by atoms with van der Waals surface area (Å²) in [5.41, 5.74) is 1.75. The van der Waals surface area contributed by atoms with Crippen molar-refractivity contribution in [1.29, 1.82) is 0 Å². The lowest BCUT2D eigenvalue weighted by Gasteiger charge is -2.18. The van der Waals surface area contributed by atoms with Crippen LogP contribution in [-0.2, 0) is 12.8 Å². The number of rotatable bonds is 2. The average Bonchev–Trinajstić information content (AvgIpc) is 3.01. The van der Waals surface area contributed by atoms with Crippen LogP contribution in [0.5, 0.6) is 11.5 Å². The van der Waals surface area contributed by atoms with Gasteiger partial charge in [-0.05, 0) is 54.3 Å². The van der Waals surface area contributed by atoms with Gasteiger partial charge >= 0.3 is 0 Å². The molecule has 4 rings (SSSR count). The third-order valence-corrected chi connectivity index (χ3v) is 5.25. The van der Waals surface area contributed by atoms with Crippen LogP contribution in [0.3, 0.4) is 0 Å². The van der Waals surface area contributed by atoms with Gasteiger partial charge < -0.3 is 9.47 Å². The Balaban J connectivity index is 1.83. The number of carbonyl (C=O) groups excluding carboxylic acids is 2. The molecule has 2 aromatic carbocycles. The normalized spacial score (nSPS) is 21.1. The van der Waals surface area contributed by atoms with Crippen molar-refractivity contribution in [3.8, 4) is 11.5 Å². The van der Waals surface area contributed by atoms with Gasteiger partial charge in [-0.15, -0.1) is 0 Å². The highest BCUT2D eigenvalue weighted by molar-refractivity contribution is 6.31. The first-order valence-corrected chi connectivity index (χ1v) is 8.01. The van der Waals surface area contributed by atoms with Gasteiger partial charge in [0, 0.05) is 16.1 Å². The fourth-order valence-electron chi connectivity index (χ4n) is 3.86. The summed E-state index contributed by atoms with van der Waals surface area (Å²) in [5.74, 6) is 0.795. The van der Waals surface area contributed by atoms with E-state index in [1.54, 1.807) is 37.4 Å². The molecular weight excluding hydrogens is 328 g/mol. The van der Waals surface area contributed by atoms with Gasteiger partial charge in [-0.3, -0.25) is 9.59 Å². The molecule has 0 amide bonds. The summed E-state index contributed by atoms with van der Waals surface area (Å²) in [6.45, 7) is 0. The molecule has 0 heterocycles. The minimum Gasteiger partial charge on any atom is -0.493 e. The number of Topliss-reactive ketones (excluding diaryl/α,β-unsaturated/α-hetero) is 2. The van der Waals surface area contributed by atoms with Crippen molar-refractivity contribution >= 4 is 23.2 Å². The summed E-state index contributed by atoms with van der Waals surface area (Å²) in [5, 5.41) is 0.574. The second kappa shape index (κ2) is 5.08. The van der Waals surface area contributed by atoms with Crippen molar-refractivity contribution in [3.63, 3.8) is 0 Å². The van der Waals surface area contributed by atoms with Gasteiger partial charge in [-0.2, -0.15) is 0 Å². The summed E-state index contributed by atoms with van der Waals surface area (Å²) in [4.78, 5) is 26.1. The first-order valence-electron chi connectivity index (χ1n) is 7.63. The summed E-state index contributed by atoms with van der Waals surface area (Å²) < 4.78 is 10.6. The minimum absolute atomic E-state index is 0.117. The van der Waals surface area contributed by atoms with E-state index < -0.39 is 5.41 Å². The first-order chi connectivity index (χ1) is 11.5. The van der Waals surface area contributed by atoms with Crippen molar-refractivity contribution in [1.82, 2.24) is 0 Å². The molecule has 0 unspecified atom stereocenters. The zero-order valence-corrected chi connectivity index (χ0v) is 14.1. The molecule has 2 aliphatic rings. The number of ether oxygens (including phenoxy) is 2. The molecule has 0 aliphatic heterocycles. The number of benzene rings is 2. The zero-order chi connectivity index (χ0) is 17.1. The lowest BCUT2D eigenvalue weighted by molar-refractivity contribution is 0.0705. The number of hydrogen-bond donors (Lipinski definition) is 0. The Morgan fingerprint density at radius 2 is 1.46 bits per heavy atom. The van der Waals surface area contributed by atoms with Gasteiger partial charge in [-0.25, -0.2) is 0 Å². The van der Waals surface area contributed by atoms with E-state index in [0.717, 1.165) is 11.1 Å². The Morgan fingerprint density at radius 1 is 0.875 bits per heavy atom. The monoisotopic (exact) mass is 342 g/mol. The van der Waals surface area contributed by atoms with E-state index >= 15 is 0 Å². The standard InChI is InChI=1S/C19H15ClO4/c1-23-15-6-11-9-19(18(22)14(11)7-16(15)24-2)8-10-5-12(20)3-4-13(10)17(19)21/h3-7H,8-9H2,1-2H3/t19-/m1/s1. The molecule has 0 aromatic heterocycles. The van der Waals surface area contributed by atoms with Gasteiger partial charge in [0.05, 0.1) is 14.2 Å². The molecule has 0 saturated heterocycles. The molecule has 24 heavy (non-hydrogen) atoms. The summed E-state index contributed by atoms with van der Waals surface area (Å²) in [6, 6.07) is 8.65. The summed E-state index contributed by atoms with van der Waals surface area (Å²) in [6.07, 6.45) is 0.770. The highest BCUT2D eigenvalue weighted by Gasteiger charge is 2.55. The quantitative estimate of drug-likeness (QED) is 0.784. The Morgan fingerprint density at radius 3 is 2.12 bits per heavy atom. The first kappa shape index (κ1) is 15.2. The van der Waals surface area contributed by atoms with Crippen molar-refractivity contribution in [2.45, 2.75) is 12.8 Å². The highest BCUT2D eigenvalue weighted by Crippen LogP contribution is 2.49. The van der Waals surface area contributed by atoms with Crippen molar-refractivity contribution in [2.75, 3.05) is 14.2 Å². The maximum Gasteiger partial charge on any atom is 0.177 e. The number of hydrogen-bond acceptors (Lipinski definition) is 4. The van der Waals surface area contributed by atoms with Gasteiger partial charge in [0.2, 0.25) is 0 Å². The zero-order valence-electron chi connectivity index (χ0n) is 13.3. The van der Waals surface area contributed by atoms with Crippen molar-refractivity contribution in [3.05, 3.63) is 57.6 Å². The van der Waals surface area contributed by atoms with E-state index in [0.29, 0.717) is 40.5 Å². The van der Waals surface area contributed by atoms with E-state index in [1.165, 1.54) is 7.11 Å². The van der Waals surface area contributed by atoms with Crippen LogP contribution in [0.4, 0.5) is 0 Å². The lowest BCUT2D eigenvalue weighted by atomic mass is 9.80. The molecule has 0 bridgehead atoms. The van der Waals surface area contributed by atoms with E-state index in [9.17, 15) is 9.59 Å². The Labute approximate surface area is 144 Å². The van der Waals surface area contributed by atoms with Gasteiger partial charge in [0.1, 0.15) is 5.41 Å². The maximum absolute atomic E-state index is 13.1. The van der Waals surface area contributed by atoms with Crippen LogP contribution in [0.2, 0.25) is 5.02 Å². The topological polar surface area (TPSA) is 52.6 Å². The minimum atomic E-state index is -1.05. The van der Waals surface area contributed by atoms with Crippen LogP contribution >= 0.6 is 11.6 Å². The van der Waals surface area contributed by atoms with Crippen molar-refractivity contribution < 1.29 is 19.1 Å². The predicted molar refractivity (Wildman–Crippen MR) is 89.5 cm³/mol. The highest BCUT2D eigenvalue weighted by atomic mass is 35.5. The molecule has 122 valence electrons. The second-order valence-electron chi connectivity index (χ2n) is 6.26.